The molecule has 0 aromatic carbocycles. The molecular formula is C21H19N7O3S. The van der Waals surface area contributed by atoms with E-state index in [0.717, 1.165) is 40.2 Å². The first-order valence-electron chi connectivity index (χ1n) is 10.0. The van der Waals surface area contributed by atoms with Gasteiger partial charge in [0.1, 0.15) is 10.8 Å². The van der Waals surface area contributed by atoms with Crippen molar-refractivity contribution in [2.24, 2.45) is 5.92 Å². The molecule has 0 bridgehead atoms. The van der Waals surface area contributed by atoms with E-state index in [2.05, 4.69) is 35.8 Å². The molecule has 0 unspecified atom stereocenters. The van der Waals surface area contributed by atoms with Gasteiger partial charge in [-0.25, -0.2) is 24.7 Å². The molecule has 32 heavy (non-hydrogen) atoms. The molecule has 1 fully saturated rings. The first kappa shape index (κ1) is 20.1. The van der Waals surface area contributed by atoms with Crippen molar-refractivity contribution < 1.29 is 9.21 Å². The summed E-state index contributed by atoms with van der Waals surface area (Å²) in [4.78, 5) is 36.8. The molecule has 0 atom stereocenters. The van der Waals surface area contributed by atoms with Crippen LogP contribution >= 0.6 is 11.3 Å². The number of pyridine rings is 2. The Hall–Kier alpha value is -3.86. The Labute approximate surface area is 186 Å². The van der Waals surface area contributed by atoms with Gasteiger partial charge in [0, 0.05) is 52.9 Å². The molecular weight excluding hydrogens is 430 g/mol. The Morgan fingerprint density at radius 1 is 1.22 bits per heavy atom. The number of H-pyrrole nitrogens is 1. The molecule has 0 radical (unpaired) electrons. The lowest BCUT2D eigenvalue weighted by Crippen LogP contribution is -2.30. The quantitative estimate of drug-likeness (QED) is 0.410. The largest absolute Gasteiger partial charge is 0.434 e. The van der Waals surface area contributed by atoms with Crippen LogP contribution in [-0.4, -0.2) is 37.7 Å². The number of aromatic nitrogens is 5. The fourth-order valence-electron chi connectivity index (χ4n) is 3.19. The van der Waals surface area contributed by atoms with Crippen molar-refractivity contribution in [2.75, 3.05) is 11.9 Å². The van der Waals surface area contributed by atoms with Gasteiger partial charge in [-0.1, -0.05) is 0 Å². The predicted octanol–water partition coefficient (Wildman–Crippen LogP) is 3.45. The minimum absolute atomic E-state index is 0.148. The van der Waals surface area contributed by atoms with E-state index >= 15 is 0 Å². The second kappa shape index (κ2) is 8.35. The van der Waals surface area contributed by atoms with E-state index in [1.165, 1.54) is 11.3 Å². The van der Waals surface area contributed by atoms with Gasteiger partial charge < -0.3 is 9.73 Å². The first-order chi connectivity index (χ1) is 15.5. The normalized spacial score (nSPS) is 13.2. The number of rotatable bonds is 6. The van der Waals surface area contributed by atoms with Gasteiger partial charge in [-0.05, 0) is 37.8 Å². The Kier molecular flexibility index (Phi) is 5.23. The number of amides is 2. The Bertz CT molecular complexity index is 1340. The molecule has 4 heterocycles. The topological polar surface area (TPSA) is 139 Å². The molecule has 1 saturated carbocycles. The van der Waals surface area contributed by atoms with Gasteiger partial charge in [0.15, 0.2) is 0 Å². The Balaban J connectivity index is 1.50. The minimum Gasteiger partial charge on any atom is -0.388 e. The zero-order valence-corrected chi connectivity index (χ0v) is 17.9. The highest BCUT2D eigenvalue weighted by molar-refractivity contribution is 7.13. The van der Waals surface area contributed by atoms with E-state index in [4.69, 9.17) is 4.42 Å². The number of thiazole rings is 1. The molecule has 5 rings (SSSR count). The third kappa shape index (κ3) is 4.42. The summed E-state index contributed by atoms with van der Waals surface area (Å²) >= 11 is 1.50. The van der Waals surface area contributed by atoms with Crippen molar-refractivity contribution in [1.29, 1.82) is 0 Å². The molecule has 1 aliphatic carbocycles. The van der Waals surface area contributed by atoms with E-state index in [1.54, 1.807) is 24.7 Å². The standard InChI is InChI=1S/C21H19N7O3S/c1-11-10-32-19(25-11)15-5-17(26-20(29)24-6-12-2-3-12)23-9-16(15)13-4-14(8-22-7-13)18-27-28-21(30)31-18/h4-5,7-10,12H,2-3,6H2,1H3,(H,28,30)(H2,23,24,26,29). The number of aryl methyl sites for hydroxylation is 1. The Morgan fingerprint density at radius 3 is 2.78 bits per heavy atom. The van der Waals surface area contributed by atoms with Crippen LogP contribution in [0.1, 0.15) is 18.5 Å². The summed E-state index contributed by atoms with van der Waals surface area (Å²) < 4.78 is 5.04. The van der Waals surface area contributed by atoms with Gasteiger partial charge in [-0.3, -0.25) is 10.3 Å². The Morgan fingerprint density at radius 2 is 2.06 bits per heavy atom. The van der Waals surface area contributed by atoms with Crippen LogP contribution in [0.25, 0.3) is 33.2 Å². The van der Waals surface area contributed by atoms with Crippen LogP contribution in [0.15, 0.2) is 45.3 Å². The van der Waals surface area contributed by atoms with Crippen LogP contribution in [0.4, 0.5) is 10.6 Å². The molecule has 1 aliphatic rings. The molecule has 0 aliphatic heterocycles. The highest BCUT2D eigenvalue weighted by atomic mass is 32.1. The fraction of sp³-hybridized carbons (Fsp3) is 0.238. The predicted molar refractivity (Wildman–Crippen MR) is 119 cm³/mol. The molecule has 3 N–H and O–H groups in total. The molecule has 162 valence electrons. The average Bonchev–Trinajstić information content (AvgIpc) is 3.37. The second-order valence-corrected chi connectivity index (χ2v) is 8.43. The maximum atomic E-state index is 12.2. The second-order valence-electron chi connectivity index (χ2n) is 7.57. The SMILES string of the molecule is Cc1csc(-c2cc(NC(=O)NCC3CC3)ncc2-c2cncc(-c3n[nH]c(=O)o3)c2)n1. The third-order valence-corrected chi connectivity index (χ3v) is 5.97. The van der Waals surface area contributed by atoms with E-state index in [9.17, 15) is 9.59 Å². The monoisotopic (exact) mass is 449 g/mol. The van der Waals surface area contributed by atoms with Crippen molar-refractivity contribution >= 4 is 23.2 Å². The summed E-state index contributed by atoms with van der Waals surface area (Å²) in [5, 5.41) is 14.5. The number of urea groups is 1. The molecule has 11 heteroatoms. The molecule has 0 spiro atoms. The lowest BCUT2D eigenvalue weighted by Gasteiger charge is -2.11. The molecule has 0 saturated heterocycles. The number of anilines is 1. The zero-order valence-electron chi connectivity index (χ0n) is 17.1. The zero-order chi connectivity index (χ0) is 22.1. The number of hydrogen-bond acceptors (Lipinski definition) is 8. The molecule has 4 aromatic heterocycles. The van der Waals surface area contributed by atoms with Crippen molar-refractivity contribution in [3.05, 3.63) is 52.3 Å². The van der Waals surface area contributed by atoms with Crippen LogP contribution in [0.5, 0.6) is 0 Å². The van der Waals surface area contributed by atoms with Crippen molar-refractivity contribution in [2.45, 2.75) is 19.8 Å². The number of carbonyl (C=O) groups is 1. The number of carbonyl (C=O) groups excluding carboxylic acids is 1. The smallest absolute Gasteiger partial charge is 0.388 e. The first-order valence-corrected chi connectivity index (χ1v) is 10.9. The maximum Gasteiger partial charge on any atom is 0.434 e. The van der Waals surface area contributed by atoms with Crippen LogP contribution in [0, 0.1) is 12.8 Å². The highest BCUT2D eigenvalue weighted by Gasteiger charge is 2.22. The maximum absolute atomic E-state index is 12.2. The van der Waals surface area contributed by atoms with Gasteiger partial charge in [0.05, 0.1) is 5.56 Å². The van der Waals surface area contributed by atoms with Gasteiger partial charge in [0.25, 0.3) is 5.89 Å². The van der Waals surface area contributed by atoms with Crippen LogP contribution in [-0.2, 0) is 0 Å². The van der Waals surface area contributed by atoms with Gasteiger partial charge >= 0.3 is 11.8 Å². The summed E-state index contributed by atoms with van der Waals surface area (Å²) in [5.74, 6) is 0.520. The summed E-state index contributed by atoms with van der Waals surface area (Å²) in [6.07, 6.45) is 7.24. The molecule has 10 nitrogen and oxygen atoms in total. The van der Waals surface area contributed by atoms with Crippen molar-refractivity contribution in [3.63, 3.8) is 0 Å². The van der Waals surface area contributed by atoms with Crippen molar-refractivity contribution in [3.8, 4) is 33.2 Å². The van der Waals surface area contributed by atoms with Gasteiger partial charge in [-0.15, -0.1) is 16.4 Å². The van der Waals surface area contributed by atoms with Crippen LogP contribution in [0.3, 0.4) is 0 Å². The van der Waals surface area contributed by atoms with Crippen LogP contribution < -0.4 is 16.4 Å². The van der Waals surface area contributed by atoms with Crippen molar-refractivity contribution in [1.82, 2.24) is 30.5 Å². The van der Waals surface area contributed by atoms with Gasteiger partial charge in [0.2, 0.25) is 0 Å². The van der Waals surface area contributed by atoms with E-state index in [-0.39, 0.29) is 11.9 Å². The third-order valence-electron chi connectivity index (χ3n) is 4.98. The fourth-order valence-corrected chi connectivity index (χ4v) is 4.01. The number of hydrogen-bond donors (Lipinski definition) is 3. The van der Waals surface area contributed by atoms with Gasteiger partial charge in [-0.2, -0.15) is 0 Å². The number of nitrogens with one attached hydrogen (secondary N) is 3. The van der Waals surface area contributed by atoms with E-state index in [0.29, 0.717) is 23.8 Å². The summed E-state index contributed by atoms with van der Waals surface area (Å²) in [6.45, 7) is 2.59. The average molecular weight is 449 g/mol. The summed E-state index contributed by atoms with van der Waals surface area (Å²) in [7, 11) is 0. The summed E-state index contributed by atoms with van der Waals surface area (Å²) in [6, 6.07) is 3.32. The van der Waals surface area contributed by atoms with E-state index < -0.39 is 5.76 Å². The van der Waals surface area contributed by atoms with E-state index in [1.807, 2.05) is 18.4 Å². The lowest BCUT2D eigenvalue weighted by atomic mass is 10.0. The lowest BCUT2D eigenvalue weighted by molar-refractivity contribution is 0.251. The molecule has 4 aromatic rings. The number of aromatic amines is 1. The molecule has 2 amide bonds. The minimum atomic E-state index is -0.638. The highest BCUT2D eigenvalue weighted by Crippen LogP contribution is 2.35. The summed E-state index contributed by atoms with van der Waals surface area (Å²) in [5.41, 5.74) is 3.76. The number of nitrogens with zero attached hydrogens (tertiary/aromatic N) is 4. The van der Waals surface area contributed by atoms with Crippen LogP contribution in [0.2, 0.25) is 0 Å².